The van der Waals surface area contributed by atoms with Crippen LogP contribution in [-0.4, -0.2) is 92.7 Å². The first-order valence-corrected chi connectivity index (χ1v) is 11.5. The smallest absolute Gasteiger partial charge is 0.214 e. The number of rotatable bonds is 6. The van der Waals surface area contributed by atoms with Gasteiger partial charge >= 0.3 is 0 Å². The Hall–Kier alpha value is -1.45. The SMILES string of the molecule is CCCCS(=O)(=O)N1CCN(c2cc(N3CCN(C)CC3)nc(C)n2)CC1. The number of anilines is 2. The second-order valence-corrected chi connectivity index (χ2v) is 9.57. The summed E-state index contributed by atoms with van der Waals surface area (Å²) in [6, 6.07) is 2.06. The molecule has 2 saturated heterocycles. The molecule has 2 aliphatic heterocycles. The molecule has 3 heterocycles. The van der Waals surface area contributed by atoms with Crippen molar-refractivity contribution in [3.63, 3.8) is 0 Å². The van der Waals surface area contributed by atoms with Crippen LogP contribution in [0.5, 0.6) is 0 Å². The van der Waals surface area contributed by atoms with Gasteiger partial charge in [0.15, 0.2) is 0 Å². The van der Waals surface area contributed by atoms with Gasteiger partial charge < -0.3 is 14.7 Å². The van der Waals surface area contributed by atoms with E-state index in [1.807, 2.05) is 13.8 Å². The van der Waals surface area contributed by atoms with E-state index in [1.54, 1.807) is 4.31 Å². The van der Waals surface area contributed by atoms with Crippen LogP contribution < -0.4 is 9.80 Å². The molecule has 1 aromatic rings. The number of aryl methyl sites for hydroxylation is 1. The fourth-order valence-corrected chi connectivity index (χ4v) is 5.18. The highest BCUT2D eigenvalue weighted by molar-refractivity contribution is 7.89. The Kier molecular flexibility index (Phi) is 6.54. The maximum atomic E-state index is 12.4. The van der Waals surface area contributed by atoms with Crippen molar-refractivity contribution >= 4 is 21.7 Å². The van der Waals surface area contributed by atoms with Crippen LogP contribution in [-0.2, 0) is 10.0 Å². The highest BCUT2D eigenvalue weighted by atomic mass is 32.2. The lowest BCUT2D eigenvalue weighted by Gasteiger charge is -2.36. The van der Waals surface area contributed by atoms with Crippen molar-refractivity contribution in [1.82, 2.24) is 19.2 Å². The van der Waals surface area contributed by atoms with Gasteiger partial charge in [0.25, 0.3) is 0 Å². The Morgan fingerprint density at radius 3 is 1.96 bits per heavy atom. The maximum absolute atomic E-state index is 12.4. The molecule has 27 heavy (non-hydrogen) atoms. The maximum Gasteiger partial charge on any atom is 0.214 e. The Morgan fingerprint density at radius 1 is 0.926 bits per heavy atom. The Bertz CT molecular complexity index is 725. The first-order chi connectivity index (χ1) is 12.9. The summed E-state index contributed by atoms with van der Waals surface area (Å²) in [4.78, 5) is 16.1. The Morgan fingerprint density at radius 2 is 1.44 bits per heavy atom. The summed E-state index contributed by atoms with van der Waals surface area (Å²) in [5, 5.41) is 0. The predicted molar refractivity (Wildman–Crippen MR) is 109 cm³/mol. The first kappa shape index (κ1) is 20.3. The standard InChI is InChI=1S/C18H32N6O2S/c1-4-5-14-27(25,26)24-12-10-23(11-13-24)18-15-17(19-16(2)20-18)22-8-6-21(3)7-9-22/h15H,4-14H2,1-3H3. The van der Waals surface area contributed by atoms with Gasteiger partial charge in [-0.3, -0.25) is 0 Å². The van der Waals surface area contributed by atoms with E-state index in [9.17, 15) is 8.42 Å². The van der Waals surface area contributed by atoms with Gasteiger partial charge in [0.1, 0.15) is 17.5 Å². The van der Waals surface area contributed by atoms with Crippen LogP contribution in [0.15, 0.2) is 6.07 Å². The van der Waals surface area contributed by atoms with Crippen LogP contribution in [0.3, 0.4) is 0 Å². The predicted octanol–water partition coefficient (Wildman–Crippen LogP) is 0.789. The minimum Gasteiger partial charge on any atom is -0.354 e. The van der Waals surface area contributed by atoms with Gasteiger partial charge in [-0.05, 0) is 20.4 Å². The van der Waals surface area contributed by atoms with Gasteiger partial charge in [0.05, 0.1) is 5.75 Å². The number of sulfonamides is 1. The molecule has 0 N–H and O–H groups in total. The Balaban J connectivity index is 1.66. The number of unbranched alkanes of at least 4 members (excludes halogenated alkanes) is 1. The van der Waals surface area contributed by atoms with E-state index in [2.05, 4.69) is 37.8 Å². The second kappa shape index (κ2) is 8.70. The zero-order chi connectivity index (χ0) is 19.4. The molecule has 152 valence electrons. The van der Waals surface area contributed by atoms with Gasteiger partial charge in [-0.25, -0.2) is 18.4 Å². The largest absolute Gasteiger partial charge is 0.354 e. The molecular weight excluding hydrogens is 364 g/mol. The molecule has 0 atom stereocenters. The number of aromatic nitrogens is 2. The monoisotopic (exact) mass is 396 g/mol. The molecule has 2 aliphatic rings. The van der Waals surface area contributed by atoms with E-state index < -0.39 is 10.0 Å². The number of hydrogen-bond donors (Lipinski definition) is 0. The van der Waals surface area contributed by atoms with E-state index in [0.717, 1.165) is 56.5 Å². The third-order valence-corrected chi connectivity index (χ3v) is 7.31. The minimum absolute atomic E-state index is 0.254. The minimum atomic E-state index is -3.13. The highest BCUT2D eigenvalue weighted by Gasteiger charge is 2.27. The van der Waals surface area contributed by atoms with Crippen LogP contribution in [0.25, 0.3) is 0 Å². The number of piperazine rings is 2. The van der Waals surface area contributed by atoms with Crippen LogP contribution in [0.4, 0.5) is 11.6 Å². The summed E-state index contributed by atoms with van der Waals surface area (Å²) in [6.07, 6.45) is 1.62. The molecule has 0 aromatic carbocycles. The highest BCUT2D eigenvalue weighted by Crippen LogP contribution is 2.22. The van der Waals surface area contributed by atoms with Crippen molar-refractivity contribution in [1.29, 1.82) is 0 Å². The molecule has 3 rings (SSSR count). The van der Waals surface area contributed by atoms with Crippen molar-refractivity contribution in [2.45, 2.75) is 26.7 Å². The molecule has 0 radical (unpaired) electrons. The normalized spacial score (nSPS) is 20.3. The second-order valence-electron chi connectivity index (χ2n) is 7.48. The zero-order valence-electron chi connectivity index (χ0n) is 16.8. The first-order valence-electron chi connectivity index (χ1n) is 9.91. The third-order valence-electron chi connectivity index (χ3n) is 5.35. The topological polar surface area (TPSA) is 72.9 Å². The summed E-state index contributed by atoms with van der Waals surface area (Å²) in [5.41, 5.74) is 0. The molecule has 0 aliphatic carbocycles. The van der Waals surface area contributed by atoms with Crippen molar-refractivity contribution in [3.8, 4) is 0 Å². The quantitative estimate of drug-likeness (QED) is 0.704. The molecule has 8 nitrogen and oxygen atoms in total. The molecule has 0 amide bonds. The van der Waals surface area contributed by atoms with Gasteiger partial charge in [0.2, 0.25) is 10.0 Å². The number of hydrogen-bond acceptors (Lipinski definition) is 7. The summed E-state index contributed by atoms with van der Waals surface area (Å²) in [5.74, 6) is 2.90. The van der Waals surface area contributed by atoms with Crippen molar-refractivity contribution in [2.24, 2.45) is 0 Å². The molecule has 0 unspecified atom stereocenters. The molecule has 1 aromatic heterocycles. The molecule has 9 heteroatoms. The van der Waals surface area contributed by atoms with Crippen molar-refractivity contribution in [2.75, 3.05) is 75.0 Å². The summed E-state index contributed by atoms with van der Waals surface area (Å²) in [6.45, 7) is 10.3. The van der Waals surface area contributed by atoms with Crippen molar-refractivity contribution < 1.29 is 8.42 Å². The van der Waals surface area contributed by atoms with E-state index in [0.29, 0.717) is 26.2 Å². The number of likely N-dealkylation sites (N-methyl/N-ethyl adjacent to an activating group) is 1. The Labute approximate surface area is 163 Å². The average molecular weight is 397 g/mol. The van der Waals surface area contributed by atoms with E-state index in [4.69, 9.17) is 0 Å². The van der Waals surface area contributed by atoms with Gasteiger partial charge in [-0.15, -0.1) is 0 Å². The number of nitrogens with zero attached hydrogens (tertiary/aromatic N) is 6. The van der Waals surface area contributed by atoms with Crippen LogP contribution in [0.1, 0.15) is 25.6 Å². The fourth-order valence-electron chi connectivity index (χ4n) is 3.55. The molecule has 0 spiro atoms. The van der Waals surface area contributed by atoms with Gasteiger partial charge in [-0.2, -0.15) is 4.31 Å². The summed E-state index contributed by atoms with van der Waals surface area (Å²) >= 11 is 0. The van der Waals surface area contributed by atoms with Crippen LogP contribution >= 0.6 is 0 Å². The molecular formula is C18H32N6O2S. The lowest BCUT2D eigenvalue weighted by molar-refractivity contribution is 0.312. The lowest BCUT2D eigenvalue weighted by atomic mass is 10.3. The molecule has 0 saturated carbocycles. The summed E-state index contributed by atoms with van der Waals surface area (Å²) in [7, 11) is -0.988. The zero-order valence-corrected chi connectivity index (χ0v) is 17.6. The van der Waals surface area contributed by atoms with E-state index in [1.165, 1.54) is 0 Å². The van der Waals surface area contributed by atoms with Crippen LogP contribution in [0.2, 0.25) is 0 Å². The van der Waals surface area contributed by atoms with Crippen molar-refractivity contribution in [3.05, 3.63) is 11.9 Å². The van der Waals surface area contributed by atoms with E-state index >= 15 is 0 Å². The molecule has 0 bridgehead atoms. The fraction of sp³-hybridized carbons (Fsp3) is 0.778. The van der Waals surface area contributed by atoms with E-state index in [-0.39, 0.29) is 5.75 Å². The van der Waals surface area contributed by atoms with Gasteiger partial charge in [-0.1, -0.05) is 13.3 Å². The third kappa shape index (κ3) is 5.08. The van der Waals surface area contributed by atoms with Crippen LogP contribution in [0, 0.1) is 6.92 Å². The average Bonchev–Trinajstić information content (AvgIpc) is 2.66. The lowest BCUT2D eigenvalue weighted by Crippen LogP contribution is -2.49. The summed E-state index contributed by atoms with van der Waals surface area (Å²) < 4.78 is 26.4. The molecule has 2 fully saturated rings. The van der Waals surface area contributed by atoms with Gasteiger partial charge in [0, 0.05) is 58.4 Å².